The van der Waals surface area contributed by atoms with E-state index in [2.05, 4.69) is 36.5 Å². The second-order valence-corrected chi connectivity index (χ2v) is 6.30. The fraction of sp³-hybridized carbons (Fsp3) is 0.174. The van der Waals surface area contributed by atoms with Gasteiger partial charge in [0.05, 0.1) is 5.69 Å². The van der Waals surface area contributed by atoms with E-state index in [1.54, 1.807) is 0 Å². The molecular formula is C23H23NO2. The van der Waals surface area contributed by atoms with Crippen molar-refractivity contribution in [3.05, 3.63) is 90.0 Å². The van der Waals surface area contributed by atoms with Crippen molar-refractivity contribution >= 4 is 11.6 Å². The Hall–Kier alpha value is -3.07. The molecule has 0 atom stereocenters. The highest BCUT2D eigenvalue weighted by molar-refractivity contribution is 5.92. The Bertz CT molecular complexity index is 842. The maximum atomic E-state index is 12.3. The highest BCUT2D eigenvalue weighted by atomic mass is 16.5. The molecule has 0 aliphatic carbocycles. The molecule has 3 aromatic rings. The second-order valence-electron chi connectivity index (χ2n) is 6.30. The molecule has 1 N–H and O–H groups in total. The molecule has 3 aromatic carbocycles. The number of carbonyl (C=O) groups is 1. The lowest BCUT2D eigenvalue weighted by Crippen LogP contribution is -2.12. The molecule has 3 heteroatoms. The van der Waals surface area contributed by atoms with Crippen LogP contribution in [0.2, 0.25) is 0 Å². The summed E-state index contributed by atoms with van der Waals surface area (Å²) in [6, 6.07) is 25.5. The minimum absolute atomic E-state index is 0.00113. The van der Waals surface area contributed by atoms with E-state index in [0.717, 1.165) is 18.6 Å². The summed E-state index contributed by atoms with van der Waals surface area (Å²) in [5, 5.41) is 2.96. The van der Waals surface area contributed by atoms with Gasteiger partial charge in [0.25, 0.3) is 0 Å². The van der Waals surface area contributed by atoms with E-state index in [9.17, 15) is 4.79 Å². The molecule has 0 saturated carbocycles. The minimum Gasteiger partial charge on any atom is -0.455 e. The van der Waals surface area contributed by atoms with Gasteiger partial charge in [-0.3, -0.25) is 4.79 Å². The van der Waals surface area contributed by atoms with Crippen molar-refractivity contribution in [3.8, 4) is 11.5 Å². The van der Waals surface area contributed by atoms with Gasteiger partial charge in [-0.05, 0) is 49.6 Å². The van der Waals surface area contributed by atoms with Gasteiger partial charge in [0.1, 0.15) is 5.75 Å². The predicted molar refractivity (Wildman–Crippen MR) is 106 cm³/mol. The number of ether oxygens (including phenoxy) is 1. The van der Waals surface area contributed by atoms with Crippen LogP contribution in [0.5, 0.6) is 11.5 Å². The molecule has 0 unspecified atom stereocenters. The third kappa shape index (κ3) is 5.21. The van der Waals surface area contributed by atoms with Crippen LogP contribution in [-0.2, 0) is 11.2 Å². The van der Waals surface area contributed by atoms with Gasteiger partial charge in [0, 0.05) is 6.42 Å². The fourth-order valence-corrected chi connectivity index (χ4v) is 2.69. The summed E-state index contributed by atoms with van der Waals surface area (Å²) in [4.78, 5) is 12.3. The summed E-state index contributed by atoms with van der Waals surface area (Å²) in [5.41, 5.74) is 3.20. The first-order valence-electron chi connectivity index (χ1n) is 8.88. The molecule has 3 rings (SSSR count). The van der Waals surface area contributed by atoms with Gasteiger partial charge in [0.15, 0.2) is 5.75 Å². The SMILES string of the molecule is Cc1ccc(CCCC(=O)Nc2ccccc2Oc2ccccc2)cc1. The van der Waals surface area contributed by atoms with Gasteiger partial charge in [-0.1, -0.05) is 60.2 Å². The summed E-state index contributed by atoms with van der Waals surface area (Å²) in [6.07, 6.45) is 2.19. The fourth-order valence-electron chi connectivity index (χ4n) is 2.69. The molecular weight excluding hydrogens is 322 g/mol. The van der Waals surface area contributed by atoms with Gasteiger partial charge in [-0.2, -0.15) is 0 Å². The van der Waals surface area contributed by atoms with Crippen molar-refractivity contribution in [1.82, 2.24) is 0 Å². The van der Waals surface area contributed by atoms with Gasteiger partial charge >= 0.3 is 0 Å². The number of para-hydroxylation sites is 3. The Morgan fingerprint density at radius 2 is 1.58 bits per heavy atom. The first kappa shape index (κ1) is 17.7. The maximum absolute atomic E-state index is 12.3. The normalized spacial score (nSPS) is 10.3. The van der Waals surface area contributed by atoms with Crippen molar-refractivity contribution in [2.45, 2.75) is 26.2 Å². The Morgan fingerprint density at radius 1 is 0.885 bits per heavy atom. The van der Waals surface area contributed by atoms with Gasteiger partial charge in [0.2, 0.25) is 5.91 Å². The zero-order chi connectivity index (χ0) is 18.2. The standard InChI is InChI=1S/C23H23NO2/c1-18-14-16-19(17-15-18)8-7-13-23(25)24-21-11-5-6-12-22(21)26-20-9-3-2-4-10-20/h2-6,9-12,14-17H,7-8,13H2,1H3,(H,24,25). The number of hydrogen-bond acceptors (Lipinski definition) is 2. The van der Waals surface area contributed by atoms with Crippen LogP contribution in [-0.4, -0.2) is 5.91 Å². The third-order valence-electron chi connectivity index (χ3n) is 4.12. The highest BCUT2D eigenvalue weighted by Gasteiger charge is 2.08. The Morgan fingerprint density at radius 3 is 2.35 bits per heavy atom. The van der Waals surface area contributed by atoms with Gasteiger partial charge in [-0.25, -0.2) is 0 Å². The van der Waals surface area contributed by atoms with Crippen molar-refractivity contribution in [2.75, 3.05) is 5.32 Å². The van der Waals surface area contributed by atoms with Gasteiger partial charge < -0.3 is 10.1 Å². The lowest BCUT2D eigenvalue weighted by atomic mass is 10.1. The molecule has 0 saturated heterocycles. The molecule has 0 aliphatic heterocycles. The molecule has 1 amide bonds. The number of hydrogen-bond donors (Lipinski definition) is 1. The van der Waals surface area contributed by atoms with E-state index in [4.69, 9.17) is 4.74 Å². The number of benzene rings is 3. The van der Waals surface area contributed by atoms with Crippen molar-refractivity contribution in [2.24, 2.45) is 0 Å². The van der Waals surface area contributed by atoms with Crippen molar-refractivity contribution in [1.29, 1.82) is 0 Å². The Labute approximate surface area is 154 Å². The van der Waals surface area contributed by atoms with E-state index >= 15 is 0 Å². The maximum Gasteiger partial charge on any atom is 0.224 e. The molecule has 0 aliphatic rings. The van der Waals surface area contributed by atoms with Crippen molar-refractivity contribution in [3.63, 3.8) is 0 Å². The smallest absolute Gasteiger partial charge is 0.224 e. The first-order chi connectivity index (χ1) is 12.7. The van der Waals surface area contributed by atoms with Crippen molar-refractivity contribution < 1.29 is 9.53 Å². The summed E-state index contributed by atoms with van der Waals surface area (Å²) in [6.45, 7) is 2.08. The number of nitrogens with one attached hydrogen (secondary N) is 1. The quantitative estimate of drug-likeness (QED) is 0.592. The zero-order valence-corrected chi connectivity index (χ0v) is 14.9. The van der Waals surface area contributed by atoms with Crippen LogP contribution in [0.4, 0.5) is 5.69 Å². The summed E-state index contributed by atoms with van der Waals surface area (Å²) in [7, 11) is 0. The highest BCUT2D eigenvalue weighted by Crippen LogP contribution is 2.29. The van der Waals surface area contributed by atoms with Crippen LogP contribution in [0.15, 0.2) is 78.9 Å². The van der Waals surface area contributed by atoms with Crippen LogP contribution < -0.4 is 10.1 Å². The van der Waals surface area contributed by atoms with E-state index in [1.165, 1.54) is 11.1 Å². The molecule has 0 bridgehead atoms. The molecule has 3 nitrogen and oxygen atoms in total. The Balaban J connectivity index is 1.55. The summed E-state index contributed by atoms with van der Waals surface area (Å²) < 4.78 is 5.88. The predicted octanol–water partition coefficient (Wildman–Crippen LogP) is 5.75. The lowest BCUT2D eigenvalue weighted by Gasteiger charge is -2.12. The second kappa shape index (κ2) is 8.86. The van der Waals surface area contributed by atoms with Crippen LogP contribution in [0.1, 0.15) is 24.0 Å². The molecule has 0 heterocycles. The number of rotatable bonds is 7. The average molecular weight is 345 g/mol. The number of aryl methyl sites for hydroxylation is 2. The number of amides is 1. The average Bonchev–Trinajstić information content (AvgIpc) is 2.66. The molecule has 0 aromatic heterocycles. The minimum atomic E-state index is 0.00113. The molecule has 26 heavy (non-hydrogen) atoms. The number of carbonyl (C=O) groups excluding carboxylic acids is 1. The van der Waals surface area contributed by atoms with E-state index < -0.39 is 0 Å². The molecule has 0 radical (unpaired) electrons. The van der Waals surface area contributed by atoms with Crippen LogP contribution in [0.3, 0.4) is 0 Å². The zero-order valence-electron chi connectivity index (χ0n) is 14.9. The first-order valence-corrected chi connectivity index (χ1v) is 8.88. The molecule has 0 fully saturated rings. The summed E-state index contributed by atoms with van der Waals surface area (Å²) >= 11 is 0. The molecule has 132 valence electrons. The van der Waals surface area contributed by atoms with E-state index in [1.807, 2.05) is 54.6 Å². The van der Waals surface area contributed by atoms with E-state index in [0.29, 0.717) is 17.9 Å². The van der Waals surface area contributed by atoms with Gasteiger partial charge in [-0.15, -0.1) is 0 Å². The summed E-state index contributed by atoms with van der Waals surface area (Å²) in [5.74, 6) is 1.39. The third-order valence-corrected chi connectivity index (χ3v) is 4.12. The van der Waals surface area contributed by atoms with E-state index in [-0.39, 0.29) is 5.91 Å². The monoisotopic (exact) mass is 345 g/mol. The largest absolute Gasteiger partial charge is 0.455 e. The van der Waals surface area contributed by atoms with Crippen LogP contribution in [0, 0.1) is 6.92 Å². The Kier molecular flexibility index (Phi) is 6.05. The molecule has 0 spiro atoms. The number of anilines is 1. The van der Waals surface area contributed by atoms with Crippen LogP contribution >= 0.6 is 0 Å². The lowest BCUT2D eigenvalue weighted by molar-refractivity contribution is -0.116. The topological polar surface area (TPSA) is 38.3 Å². The van der Waals surface area contributed by atoms with Crippen LogP contribution in [0.25, 0.3) is 0 Å².